The molecule has 1 aliphatic carbocycles. The first kappa shape index (κ1) is 14.2. The number of nitrogens with one attached hydrogen (secondary N) is 1. The van der Waals surface area contributed by atoms with Crippen molar-refractivity contribution in [3.05, 3.63) is 59.3 Å². The Hall–Kier alpha value is -3.19. The highest BCUT2D eigenvalue weighted by Gasteiger charge is 2.21. The van der Waals surface area contributed by atoms with Crippen LogP contribution in [-0.4, -0.2) is 15.2 Å². The monoisotopic (exact) mass is 324 g/mol. The second kappa shape index (κ2) is 5.42. The molecule has 2 aromatic heterocycles. The Morgan fingerprint density at radius 2 is 1.92 bits per heavy atom. The van der Waals surface area contributed by atoms with Crippen LogP contribution in [0, 0.1) is 11.3 Å². The second-order valence-corrected chi connectivity index (χ2v) is 6.61. The Morgan fingerprint density at radius 1 is 1.04 bits per heavy atom. The largest absolute Gasteiger partial charge is 0.278 e. The van der Waals surface area contributed by atoms with Crippen molar-refractivity contribution < 1.29 is 0 Å². The first-order valence-electron chi connectivity index (χ1n) is 8.63. The van der Waals surface area contributed by atoms with Gasteiger partial charge in [0.05, 0.1) is 34.6 Å². The van der Waals surface area contributed by atoms with Crippen molar-refractivity contribution in [2.24, 2.45) is 0 Å². The van der Waals surface area contributed by atoms with Gasteiger partial charge in [-0.05, 0) is 61.1 Å². The fourth-order valence-corrected chi connectivity index (χ4v) is 4.02. The van der Waals surface area contributed by atoms with Gasteiger partial charge in [0.25, 0.3) is 0 Å². The molecule has 0 radical (unpaired) electrons. The van der Waals surface area contributed by atoms with Gasteiger partial charge in [0.15, 0.2) is 0 Å². The zero-order chi connectivity index (χ0) is 16.8. The number of H-pyrrole nitrogens is 1. The molecule has 0 saturated heterocycles. The van der Waals surface area contributed by atoms with Gasteiger partial charge in [-0.2, -0.15) is 10.4 Å². The minimum Gasteiger partial charge on any atom is -0.278 e. The van der Waals surface area contributed by atoms with Gasteiger partial charge in [0.1, 0.15) is 0 Å². The quantitative estimate of drug-likeness (QED) is 0.559. The second-order valence-electron chi connectivity index (χ2n) is 6.61. The first-order valence-corrected chi connectivity index (χ1v) is 8.63. The molecule has 0 aliphatic heterocycles. The maximum atomic E-state index is 9.23. The highest BCUT2D eigenvalue weighted by molar-refractivity contribution is 6.07. The third kappa shape index (κ3) is 2.13. The standard InChI is InChI=1S/C21H16N4/c22-11-13-4-3-5-14(10-13)21-16-7-2-1-6-15(16)20-17-12-23-25-18(17)8-9-19(20)24-21/h3-5,8-10,12H,1-2,6-7H2,(H,23,25). The number of aromatic nitrogens is 3. The van der Waals surface area contributed by atoms with Crippen molar-refractivity contribution in [2.45, 2.75) is 25.7 Å². The van der Waals surface area contributed by atoms with Gasteiger partial charge in [0, 0.05) is 16.3 Å². The van der Waals surface area contributed by atoms with E-state index < -0.39 is 0 Å². The molecule has 0 spiro atoms. The van der Waals surface area contributed by atoms with Crippen LogP contribution in [0.4, 0.5) is 0 Å². The average molecular weight is 324 g/mol. The lowest BCUT2D eigenvalue weighted by Crippen LogP contribution is -2.08. The van der Waals surface area contributed by atoms with Crippen LogP contribution in [0.2, 0.25) is 0 Å². The molecule has 0 saturated carbocycles. The molecular formula is C21H16N4. The van der Waals surface area contributed by atoms with Crippen LogP contribution in [0.5, 0.6) is 0 Å². The lowest BCUT2D eigenvalue weighted by Gasteiger charge is -2.21. The highest BCUT2D eigenvalue weighted by Crippen LogP contribution is 2.37. The van der Waals surface area contributed by atoms with Crippen LogP contribution in [0.25, 0.3) is 33.1 Å². The van der Waals surface area contributed by atoms with Gasteiger partial charge in [-0.15, -0.1) is 0 Å². The van der Waals surface area contributed by atoms with E-state index in [1.807, 2.05) is 30.5 Å². The third-order valence-corrected chi connectivity index (χ3v) is 5.15. The van der Waals surface area contributed by atoms with Crippen LogP contribution < -0.4 is 0 Å². The molecule has 2 aromatic carbocycles. The number of fused-ring (bicyclic) bond motifs is 5. The summed E-state index contributed by atoms with van der Waals surface area (Å²) in [5, 5.41) is 18.9. The number of hydrogen-bond acceptors (Lipinski definition) is 3. The van der Waals surface area contributed by atoms with Gasteiger partial charge in [-0.1, -0.05) is 12.1 Å². The molecule has 0 bridgehead atoms. The molecule has 0 unspecified atom stereocenters. The first-order chi connectivity index (χ1) is 12.3. The molecule has 120 valence electrons. The van der Waals surface area contributed by atoms with Gasteiger partial charge in [0.2, 0.25) is 0 Å². The number of nitriles is 1. The molecule has 4 nitrogen and oxygen atoms in total. The topological polar surface area (TPSA) is 65.4 Å². The predicted octanol–water partition coefficient (Wildman–Crippen LogP) is 4.53. The van der Waals surface area contributed by atoms with E-state index >= 15 is 0 Å². The summed E-state index contributed by atoms with van der Waals surface area (Å²) in [6.07, 6.45) is 6.41. The fraction of sp³-hybridized carbons (Fsp3) is 0.190. The number of aromatic amines is 1. The van der Waals surface area contributed by atoms with E-state index in [-0.39, 0.29) is 0 Å². The predicted molar refractivity (Wildman–Crippen MR) is 98.2 cm³/mol. The number of nitrogens with zero attached hydrogens (tertiary/aromatic N) is 3. The van der Waals surface area contributed by atoms with Crippen molar-refractivity contribution in [1.82, 2.24) is 15.2 Å². The van der Waals surface area contributed by atoms with Crippen molar-refractivity contribution in [1.29, 1.82) is 5.26 Å². The maximum Gasteiger partial charge on any atom is 0.0991 e. The van der Waals surface area contributed by atoms with Crippen LogP contribution in [0.1, 0.15) is 29.5 Å². The minimum atomic E-state index is 0.675. The van der Waals surface area contributed by atoms with E-state index in [2.05, 4.69) is 28.4 Å². The smallest absolute Gasteiger partial charge is 0.0991 e. The zero-order valence-electron chi connectivity index (χ0n) is 13.7. The van der Waals surface area contributed by atoms with Gasteiger partial charge in [-0.25, -0.2) is 4.98 Å². The molecular weight excluding hydrogens is 308 g/mol. The summed E-state index contributed by atoms with van der Waals surface area (Å²) in [4.78, 5) is 5.01. The number of hydrogen-bond donors (Lipinski definition) is 1. The maximum absolute atomic E-state index is 9.23. The lowest BCUT2D eigenvalue weighted by molar-refractivity contribution is 0.689. The average Bonchev–Trinajstić information content (AvgIpc) is 3.16. The molecule has 0 atom stereocenters. The van der Waals surface area contributed by atoms with Crippen LogP contribution in [0.3, 0.4) is 0 Å². The van der Waals surface area contributed by atoms with E-state index in [0.29, 0.717) is 5.56 Å². The lowest BCUT2D eigenvalue weighted by atomic mass is 9.85. The van der Waals surface area contributed by atoms with Crippen molar-refractivity contribution in [3.8, 4) is 17.3 Å². The summed E-state index contributed by atoms with van der Waals surface area (Å²) in [6.45, 7) is 0. The van der Waals surface area contributed by atoms with E-state index in [4.69, 9.17) is 4.98 Å². The van der Waals surface area contributed by atoms with E-state index in [1.165, 1.54) is 29.4 Å². The number of pyridine rings is 1. The Labute approximate surface area is 145 Å². The molecule has 1 N–H and O–H groups in total. The van der Waals surface area contributed by atoms with Crippen LogP contribution in [-0.2, 0) is 12.8 Å². The Morgan fingerprint density at radius 3 is 2.80 bits per heavy atom. The van der Waals surface area contributed by atoms with E-state index in [1.54, 1.807) is 0 Å². The summed E-state index contributed by atoms with van der Waals surface area (Å²) in [5.74, 6) is 0. The SMILES string of the molecule is N#Cc1cccc(-c2nc3ccc4[nH]ncc4c3c3c2CCCC3)c1. The molecule has 2 heterocycles. The molecule has 25 heavy (non-hydrogen) atoms. The summed E-state index contributed by atoms with van der Waals surface area (Å²) in [5.41, 5.74) is 7.54. The molecule has 5 rings (SSSR count). The van der Waals surface area contributed by atoms with Gasteiger partial charge < -0.3 is 0 Å². The number of aryl methyl sites for hydroxylation is 1. The highest BCUT2D eigenvalue weighted by atomic mass is 15.1. The Balaban J connectivity index is 1.88. The Bertz CT molecular complexity index is 1160. The van der Waals surface area contributed by atoms with Crippen molar-refractivity contribution in [3.63, 3.8) is 0 Å². The van der Waals surface area contributed by atoms with Crippen molar-refractivity contribution >= 4 is 21.8 Å². The molecule has 0 amide bonds. The molecule has 4 heteroatoms. The zero-order valence-corrected chi connectivity index (χ0v) is 13.7. The number of rotatable bonds is 1. The summed E-state index contributed by atoms with van der Waals surface area (Å²) in [6, 6.07) is 14.1. The molecule has 4 aromatic rings. The summed E-state index contributed by atoms with van der Waals surface area (Å²) >= 11 is 0. The minimum absolute atomic E-state index is 0.675. The van der Waals surface area contributed by atoms with Crippen LogP contribution >= 0.6 is 0 Å². The van der Waals surface area contributed by atoms with Crippen LogP contribution in [0.15, 0.2) is 42.6 Å². The number of benzene rings is 2. The third-order valence-electron chi connectivity index (χ3n) is 5.15. The molecule has 0 fully saturated rings. The molecule has 1 aliphatic rings. The fourth-order valence-electron chi connectivity index (χ4n) is 4.02. The summed E-state index contributed by atoms with van der Waals surface area (Å²) < 4.78 is 0. The Kier molecular flexibility index (Phi) is 3.07. The van der Waals surface area contributed by atoms with E-state index in [0.717, 1.165) is 40.5 Å². The van der Waals surface area contributed by atoms with E-state index in [9.17, 15) is 5.26 Å². The van der Waals surface area contributed by atoms with Crippen molar-refractivity contribution in [2.75, 3.05) is 0 Å². The van der Waals surface area contributed by atoms with Gasteiger partial charge >= 0.3 is 0 Å². The van der Waals surface area contributed by atoms with Gasteiger partial charge in [-0.3, -0.25) is 5.10 Å². The summed E-state index contributed by atoms with van der Waals surface area (Å²) in [7, 11) is 0. The normalized spacial score (nSPS) is 13.7.